The number of nitrogens with one attached hydrogen (secondary N) is 2. The van der Waals surface area contributed by atoms with Gasteiger partial charge in [-0.25, -0.2) is 0 Å². The number of para-hydroxylation sites is 1. The molecule has 0 fully saturated rings. The number of hydrogen-bond donors (Lipinski definition) is 2. The Morgan fingerprint density at radius 2 is 1.87 bits per heavy atom. The second kappa shape index (κ2) is 10.7. The first-order chi connectivity index (χ1) is 14.5. The summed E-state index contributed by atoms with van der Waals surface area (Å²) in [5, 5.41) is 6.25. The van der Waals surface area contributed by atoms with Gasteiger partial charge in [0.25, 0.3) is 5.91 Å². The van der Waals surface area contributed by atoms with Crippen molar-refractivity contribution in [3.8, 4) is 11.5 Å². The first kappa shape index (κ1) is 22.4. The highest BCUT2D eigenvalue weighted by atomic mass is 127. The molecule has 0 bridgehead atoms. The van der Waals surface area contributed by atoms with Crippen LogP contribution in [-0.2, 0) is 11.3 Å². The molecule has 0 radical (unpaired) electrons. The van der Waals surface area contributed by atoms with Crippen molar-refractivity contribution < 1.29 is 14.3 Å². The minimum Gasteiger partial charge on any atom is -0.493 e. The van der Waals surface area contributed by atoms with Gasteiger partial charge in [-0.15, -0.1) is 0 Å². The number of carbonyl (C=O) groups excluding carboxylic acids is 1. The number of methoxy groups -OCH3 is 1. The summed E-state index contributed by atoms with van der Waals surface area (Å²) >= 11 is 5.68. The Hall–Kier alpha value is -2.26. The van der Waals surface area contributed by atoms with E-state index in [1.54, 1.807) is 7.11 Å². The van der Waals surface area contributed by atoms with E-state index in [-0.39, 0.29) is 12.5 Å². The molecule has 3 aromatic carbocycles. The average molecular weight is 581 g/mol. The molecule has 30 heavy (non-hydrogen) atoms. The van der Waals surface area contributed by atoms with Gasteiger partial charge in [0.2, 0.25) is 0 Å². The molecule has 5 nitrogen and oxygen atoms in total. The molecule has 0 aliphatic rings. The molecular weight excluding hydrogens is 559 g/mol. The molecule has 0 spiro atoms. The molecule has 3 aromatic rings. The van der Waals surface area contributed by atoms with Gasteiger partial charge in [-0.3, -0.25) is 4.79 Å². The third kappa shape index (κ3) is 6.12. The first-order valence-electron chi connectivity index (χ1n) is 9.30. The summed E-state index contributed by atoms with van der Waals surface area (Å²) in [6, 6.07) is 19.4. The van der Waals surface area contributed by atoms with Gasteiger partial charge >= 0.3 is 0 Å². The fourth-order valence-corrected chi connectivity index (χ4v) is 4.19. The Morgan fingerprint density at radius 1 is 1.10 bits per heavy atom. The molecule has 3 rings (SSSR count). The van der Waals surface area contributed by atoms with Gasteiger partial charge in [-0.1, -0.05) is 34.1 Å². The fraction of sp³-hybridized carbons (Fsp3) is 0.174. The molecule has 2 N–H and O–H groups in total. The maximum atomic E-state index is 12.2. The van der Waals surface area contributed by atoms with Gasteiger partial charge in [0.15, 0.2) is 18.1 Å². The Bertz CT molecular complexity index is 1030. The van der Waals surface area contributed by atoms with Gasteiger partial charge in [-0.2, -0.15) is 0 Å². The van der Waals surface area contributed by atoms with E-state index in [1.807, 2.05) is 54.6 Å². The Balaban J connectivity index is 1.65. The van der Waals surface area contributed by atoms with Crippen molar-refractivity contribution in [1.29, 1.82) is 0 Å². The predicted octanol–water partition coefficient (Wildman–Crippen LogP) is 6.00. The summed E-state index contributed by atoms with van der Waals surface area (Å²) < 4.78 is 13.2. The van der Waals surface area contributed by atoms with E-state index < -0.39 is 0 Å². The SMILES string of the molecule is COc1cc(CNc2ccc(Br)cc2C)cc(I)c1OCC(=O)Nc1ccccc1. The second-order valence-corrected chi connectivity index (χ2v) is 8.70. The van der Waals surface area contributed by atoms with Crippen molar-refractivity contribution in [2.24, 2.45) is 0 Å². The van der Waals surface area contributed by atoms with E-state index in [4.69, 9.17) is 9.47 Å². The van der Waals surface area contributed by atoms with E-state index in [2.05, 4.69) is 62.1 Å². The van der Waals surface area contributed by atoms with E-state index in [9.17, 15) is 4.79 Å². The smallest absolute Gasteiger partial charge is 0.262 e. The van der Waals surface area contributed by atoms with Crippen molar-refractivity contribution in [3.05, 3.63) is 79.8 Å². The van der Waals surface area contributed by atoms with Gasteiger partial charge in [0.05, 0.1) is 10.7 Å². The van der Waals surface area contributed by atoms with Crippen LogP contribution in [0.5, 0.6) is 11.5 Å². The minimum absolute atomic E-state index is 0.100. The third-order valence-corrected chi connectivity index (χ3v) is 5.66. The van der Waals surface area contributed by atoms with Crippen molar-refractivity contribution in [2.45, 2.75) is 13.5 Å². The maximum absolute atomic E-state index is 12.2. The highest BCUT2D eigenvalue weighted by Crippen LogP contribution is 2.34. The highest BCUT2D eigenvalue weighted by molar-refractivity contribution is 14.1. The Morgan fingerprint density at radius 3 is 2.57 bits per heavy atom. The van der Waals surface area contributed by atoms with E-state index in [0.717, 1.165) is 30.5 Å². The van der Waals surface area contributed by atoms with Crippen LogP contribution in [0.4, 0.5) is 11.4 Å². The van der Waals surface area contributed by atoms with Crippen LogP contribution in [0, 0.1) is 10.5 Å². The van der Waals surface area contributed by atoms with E-state index in [1.165, 1.54) is 0 Å². The summed E-state index contributed by atoms with van der Waals surface area (Å²) in [5.41, 5.74) is 4.03. The molecule has 0 saturated heterocycles. The minimum atomic E-state index is -0.226. The van der Waals surface area contributed by atoms with Crippen LogP contribution in [0.2, 0.25) is 0 Å². The predicted molar refractivity (Wildman–Crippen MR) is 132 cm³/mol. The van der Waals surface area contributed by atoms with Crippen LogP contribution >= 0.6 is 38.5 Å². The van der Waals surface area contributed by atoms with E-state index in [0.29, 0.717) is 18.0 Å². The quantitative estimate of drug-likeness (QED) is 0.321. The van der Waals surface area contributed by atoms with Crippen molar-refractivity contribution in [2.75, 3.05) is 24.4 Å². The number of halogens is 2. The van der Waals surface area contributed by atoms with Crippen LogP contribution < -0.4 is 20.1 Å². The molecule has 0 heterocycles. The molecular formula is C23H22BrIN2O3. The number of hydrogen-bond acceptors (Lipinski definition) is 4. The normalized spacial score (nSPS) is 10.4. The molecule has 156 valence electrons. The molecule has 0 aromatic heterocycles. The number of anilines is 2. The lowest BCUT2D eigenvalue weighted by Crippen LogP contribution is -2.20. The molecule has 0 aliphatic heterocycles. The molecule has 0 saturated carbocycles. The zero-order valence-corrected chi connectivity index (χ0v) is 20.4. The number of aryl methyl sites for hydroxylation is 1. The number of ether oxygens (including phenoxy) is 2. The highest BCUT2D eigenvalue weighted by Gasteiger charge is 2.14. The fourth-order valence-electron chi connectivity index (χ4n) is 2.89. The number of rotatable bonds is 8. The number of carbonyl (C=O) groups is 1. The Labute approximate surface area is 198 Å². The largest absolute Gasteiger partial charge is 0.493 e. The summed E-state index contributed by atoms with van der Waals surface area (Å²) in [7, 11) is 1.60. The van der Waals surface area contributed by atoms with Crippen molar-refractivity contribution in [3.63, 3.8) is 0 Å². The van der Waals surface area contributed by atoms with Gasteiger partial charge < -0.3 is 20.1 Å². The van der Waals surface area contributed by atoms with Crippen molar-refractivity contribution in [1.82, 2.24) is 0 Å². The zero-order valence-electron chi connectivity index (χ0n) is 16.7. The lowest BCUT2D eigenvalue weighted by Gasteiger charge is -2.15. The lowest BCUT2D eigenvalue weighted by molar-refractivity contribution is -0.118. The molecule has 0 aliphatic carbocycles. The van der Waals surface area contributed by atoms with Crippen LogP contribution in [0.15, 0.2) is 65.1 Å². The van der Waals surface area contributed by atoms with Crippen LogP contribution in [0.25, 0.3) is 0 Å². The van der Waals surface area contributed by atoms with Crippen LogP contribution in [0.1, 0.15) is 11.1 Å². The second-order valence-electron chi connectivity index (χ2n) is 6.62. The molecule has 7 heteroatoms. The first-order valence-corrected chi connectivity index (χ1v) is 11.2. The Kier molecular flexibility index (Phi) is 7.98. The summed E-state index contributed by atoms with van der Waals surface area (Å²) in [6.45, 7) is 2.61. The molecule has 0 atom stereocenters. The topological polar surface area (TPSA) is 59.6 Å². The maximum Gasteiger partial charge on any atom is 0.262 e. The van der Waals surface area contributed by atoms with Crippen LogP contribution in [-0.4, -0.2) is 19.6 Å². The van der Waals surface area contributed by atoms with Gasteiger partial charge in [0, 0.05) is 22.4 Å². The van der Waals surface area contributed by atoms with E-state index >= 15 is 0 Å². The zero-order chi connectivity index (χ0) is 21.5. The average Bonchev–Trinajstić information content (AvgIpc) is 2.72. The van der Waals surface area contributed by atoms with Crippen LogP contribution in [0.3, 0.4) is 0 Å². The summed E-state index contributed by atoms with van der Waals surface area (Å²) in [5.74, 6) is 0.930. The lowest BCUT2D eigenvalue weighted by atomic mass is 10.1. The number of benzene rings is 3. The van der Waals surface area contributed by atoms with Crippen molar-refractivity contribution >= 4 is 55.8 Å². The van der Waals surface area contributed by atoms with Gasteiger partial charge in [0.1, 0.15) is 0 Å². The number of amides is 1. The monoisotopic (exact) mass is 580 g/mol. The summed E-state index contributed by atoms with van der Waals surface area (Å²) in [6.07, 6.45) is 0. The standard InChI is InChI=1S/C23H22BrIN2O3/c1-15-10-17(24)8-9-20(15)26-13-16-11-19(25)23(21(12-16)29-2)30-14-22(28)27-18-6-4-3-5-7-18/h3-12,26H,13-14H2,1-2H3,(H,27,28). The summed E-state index contributed by atoms with van der Waals surface area (Å²) in [4.78, 5) is 12.2. The molecule has 1 amide bonds. The molecule has 0 unspecified atom stereocenters. The van der Waals surface area contributed by atoms with Gasteiger partial charge in [-0.05, 0) is 83.1 Å². The third-order valence-electron chi connectivity index (χ3n) is 4.37.